The Morgan fingerprint density at radius 3 is 2.79 bits per heavy atom. The predicted molar refractivity (Wildman–Crippen MR) is 77.8 cm³/mol. The van der Waals surface area contributed by atoms with Crippen LogP contribution in [-0.2, 0) is 10.5 Å². The molecule has 3 nitrogen and oxygen atoms in total. The van der Waals surface area contributed by atoms with Crippen molar-refractivity contribution in [1.29, 1.82) is 0 Å². The van der Waals surface area contributed by atoms with Crippen molar-refractivity contribution < 1.29 is 14.3 Å². The van der Waals surface area contributed by atoms with E-state index < -0.39 is 5.97 Å². The standard InChI is InChI=1S/C14H18FNO2S/c1-16(2)7-8-19-10-12-5-3-11(9-13(12)15)4-6-14(17)18/h3-6,9H,7-8,10H2,1-2H3,(H,17,18). The Morgan fingerprint density at radius 1 is 1.47 bits per heavy atom. The summed E-state index contributed by atoms with van der Waals surface area (Å²) in [6.45, 7) is 0.964. The van der Waals surface area contributed by atoms with Crippen molar-refractivity contribution in [2.75, 3.05) is 26.4 Å². The number of halogens is 1. The molecule has 0 aliphatic heterocycles. The lowest BCUT2D eigenvalue weighted by atomic mass is 10.1. The zero-order valence-corrected chi connectivity index (χ0v) is 11.9. The van der Waals surface area contributed by atoms with Crippen molar-refractivity contribution in [3.8, 4) is 0 Å². The molecule has 0 aromatic heterocycles. The van der Waals surface area contributed by atoms with E-state index in [1.165, 1.54) is 12.1 Å². The fourth-order valence-corrected chi connectivity index (χ4v) is 2.47. The van der Waals surface area contributed by atoms with Crippen LogP contribution in [0.2, 0.25) is 0 Å². The summed E-state index contributed by atoms with van der Waals surface area (Å²) in [6, 6.07) is 4.80. The first-order valence-electron chi connectivity index (χ1n) is 5.91. The topological polar surface area (TPSA) is 40.5 Å². The Hall–Kier alpha value is -1.33. The molecule has 0 amide bonds. The van der Waals surface area contributed by atoms with Crippen molar-refractivity contribution in [2.24, 2.45) is 0 Å². The third kappa shape index (κ3) is 6.40. The molecule has 1 aromatic rings. The highest BCUT2D eigenvalue weighted by atomic mass is 32.2. The van der Waals surface area contributed by atoms with Crippen molar-refractivity contribution >= 4 is 23.8 Å². The van der Waals surface area contributed by atoms with E-state index in [0.29, 0.717) is 16.9 Å². The number of hydrogen-bond donors (Lipinski definition) is 1. The highest BCUT2D eigenvalue weighted by Crippen LogP contribution is 2.17. The zero-order valence-electron chi connectivity index (χ0n) is 11.1. The van der Waals surface area contributed by atoms with Gasteiger partial charge in [0.25, 0.3) is 0 Å². The molecule has 104 valence electrons. The Kier molecular flexibility index (Phi) is 6.59. The van der Waals surface area contributed by atoms with Gasteiger partial charge >= 0.3 is 5.97 Å². The average Bonchev–Trinajstić information content (AvgIpc) is 2.33. The Balaban J connectivity index is 2.55. The number of benzene rings is 1. The van der Waals surface area contributed by atoms with Gasteiger partial charge in [-0.3, -0.25) is 0 Å². The Morgan fingerprint density at radius 2 is 2.21 bits per heavy atom. The van der Waals surface area contributed by atoms with Gasteiger partial charge in [0.05, 0.1) is 0 Å². The van der Waals surface area contributed by atoms with Crippen LogP contribution in [-0.4, -0.2) is 42.4 Å². The van der Waals surface area contributed by atoms with Gasteiger partial charge in [-0.05, 0) is 37.4 Å². The third-order valence-electron chi connectivity index (χ3n) is 2.44. The van der Waals surface area contributed by atoms with Crippen LogP contribution in [0.4, 0.5) is 4.39 Å². The number of thioether (sulfide) groups is 1. The summed E-state index contributed by atoms with van der Waals surface area (Å²) >= 11 is 1.68. The molecule has 0 unspecified atom stereocenters. The predicted octanol–water partition coefficient (Wildman–Crippen LogP) is 2.72. The van der Waals surface area contributed by atoms with Crippen LogP contribution in [0.25, 0.3) is 6.08 Å². The number of carboxylic acid groups (broad SMARTS) is 1. The van der Waals surface area contributed by atoms with E-state index in [2.05, 4.69) is 4.90 Å². The minimum Gasteiger partial charge on any atom is -0.478 e. The van der Waals surface area contributed by atoms with Gasteiger partial charge in [0, 0.05) is 24.1 Å². The van der Waals surface area contributed by atoms with Gasteiger partial charge in [0.1, 0.15) is 5.82 Å². The third-order valence-corrected chi connectivity index (χ3v) is 3.42. The van der Waals surface area contributed by atoms with E-state index in [0.717, 1.165) is 18.4 Å². The van der Waals surface area contributed by atoms with Crippen LogP contribution in [0.15, 0.2) is 24.3 Å². The minimum atomic E-state index is -1.04. The summed E-state index contributed by atoms with van der Waals surface area (Å²) in [6.07, 6.45) is 2.38. The lowest BCUT2D eigenvalue weighted by Crippen LogP contribution is -2.14. The van der Waals surface area contributed by atoms with Crippen LogP contribution in [0.3, 0.4) is 0 Å². The number of hydrogen-bond acceptors (Lipinski definition) is 3. The van der Waals surface area contributed by atoms with E-state index in [1.807, 2.05) is 14.1 Å². The van der Waals surface area contributed by atoms with Crippen molar-refractivity contribution in [3.05, 3.63) is 41.2 Å². The van der Waals surface area contributed by atoms with Gasteiger partial charge in [-0.15, -0.1) is 0 Å². The van der Waals surface area contributed by atoms with E-state index in [9.17, 15) is 9.18 Å². The van der Waals surface area contributed by atoms with Gasteiger partial charge < -0.3 is 10.0 Å². The van der Waals surface area contributed by atoms with Crippen LogP contribution in [0.5, 0.6) is 0 Å². The van der Waals surface area contributed by atoms with Gasteiger partial charge in [0.15, 0.2) is 0 Å². The van der Waals surface area contributed by atoms with Gasteiger partial charge in [0.2, 0.25) is 0 Å². The number of nitrogens with zero attached hydrogens (tertiary/aromatic N) is 1. The number of rotatable bonds is 7. The molecule has 0 radical (unpaired) electrons. The summed E-state index contributed by atoms with van der Waals surface area (Å²) in [5.74, 6) is 0.254. The SMILES string of the molecule is CN(C)CCSCc1ccc(C=CC(=O)O)cc1F. The normalized spacial score (nSPS) is 11.4. The maximum atomic E-state index is 13.8. The van der Waals surface area contributed by atoms with Crippen molar-refractivity contribution in [1.82, 2.24) is 4.90 Å². The highest BCUT2D eigenvalue weighted by Gasteiger charge is 2.03. The Bertz CT molecular complexity index is 461. The lowest BCUT2D eigenvalue weighted by Gasteiger charge is -2.09. The van der Waals surface area contributed by atoms with Crippen molar-refractivity contribution in [2.45, 2.75) is 5.75 Å². The number of aliphatic carboxylic acids is 1. The molecule has 0 aliphatic rings. The maximum absolute atomic E-state index is 13.8. The van der Waals surface area contributed by atoms with Crippen LogP contribution in [0, 0.1) is 5.82 Å². The molecule has 0 saturated carbocycles. The first-order chi connectivity index (χ1) is 8.99. The molecule has 0 fully saturated rings. The zero-order chi connectivity index (χ0) is 14.3. The molecule has 0 saturated heterocycles. The molecular formula is C14H18FNO2S. The molecule has 0 heterocycles. The largest absolute Gasteiger partial charge is 0.478 e. The molecule has 5 heteroatoms. The molecule has 0 aliphatic carbocycles. The molecule has 1 N–H and O–H groups in total. The molecule has 19 heavy (non-hydrogen) atoms. The fraction of sp³-hybridized carbons (Fsp3) is 0.357. The summed E-state index contributed by atoms with van der Waals surface area (Å²) < 4.78 is 13.8. The van der Waals surface area contributed by atoms with Crippen LogP contribution in [0.1, 0.15) is 11.1 Å². The van der Waals surface area contributed by atoms with Gasteiger partial charge in [-0.2, -0.15) is 11.8 Å². The second-order valence-electron chi connectivity index (χ2n) is 4.38. The van der Waals surface area contributed by atoms with E-state index in [-0.39, 0.29) is 5.82 Å². The maximum Gasteiger partial charge on any atom is 0.328 e. The van der Waals surface area contributed by atoms with E-state index in [1.54, 1.807) is 23.9 Å². The summed E-state index contributed by atoms with van der Waals surface area (Å²) in [7, 11) is 4.01. The van der Waals surface area contributed by atoms with E-state index in [4.69, 9.17) is 5.11 Å². The number of carboxylic acids is 1. The van der Waals surface area contributed by atoms with Gasteiger partial charge in [-0.25, -0.2) is 9.18 Å². The van der Waals surface area contributed by atoms with Crippen LogP contribution >= 0.6 is 11.8 Å². The first-order valence-corrected chi connectivity index (χ1v) is 7.06. The fourth-order valence-electron chi connectivity index (χ4n) is 1.38. The highest BCUT2D eigenvalue weighted by molar-refractivity contribution is 7.98. The molecule has 1 aromatic carbocycles. The van der Waals surface area contributed by atoms with Crippen molar-refractivity contribution in [3.63, 3.8) is 0 Å². The average molecular weight is 283 g/mol. The van der Waals surface area contributed by atoms with E-state index >= 15 is 0 Å². The number of carbonyl (C=O) groups is 1. The quantitative estimate of drug-likeness (QED) is 0.617. The molecular weight excluding hydrogens is 265 g/mol. The van der Waals surface area contributed by atoms with Gasteiger partial charge in [-0.1, -0.05) is 12.1 Å². The first kappa shape index (κ1) is 15.7. The second-order valence-corrected chi connectivity index (χ2v) is 5.48. The smallest absolute Gasteiger partial charge is 0.328 e. The Labute approximate surface area is 117 Å². The lowest BCUT2D eigenvalue weighted by molar-refractivity contribution is -0.131. The van der Waals surface area contributed by atoms with Crippen LogP contribution < -0.4 is 0 Å². The monoisotopic (exact) mass is 283 g/mol. The molecule has 0 spiro atoms. The second kappa shape index (κ2) is 7.96. The minimum absolute atomic E-state index is 0.287. The molecule has 0 atom stereocenters. The molecule has 0 bridgehead atoms. The summed E-state index contributed by atoms with van der Waals surface area (Å²) in [5.41, 5.74) is 1.21. The summed E-state index contributed by atoms with van der Waals surface area (Å²) in [5, 5.41) is 8.50. The summed E-state index contributed by atoms with van der Waals surface area (Å²) in [4.78, 5) is 12.5. The molecule has 1 rings (SSSR count).